The lowest BCUT2D eigenvalue weighted by Gasteiger charge is -2.17. The van der Waals surface area contributed by atoms with Gasteiger partial charge in [-0.15, -0.1) is 20.4 Å². The molecule has 1 saturated heterocycles. The minimum absolute atomic E-state index is 0.0616. The van der Waals surface area contributed by atoms with E-state index in [1.165, 1.54) is 25.7 Å². The fourth-order valence-electron chi connectivity index (χ4n) is 4.27. The fraction of sp³-hybridized carbons (Fsp3) is 0.450. The second kappa shape index (κ2) is 6.83. The van der Waals surface area contributed by atoms with Crippen LogP contribution in [0.25, 0.3) is 16.7 Å². The minimum Gasteiger partial charge on any atom is -0.341 e. The molecule has 0 N–H and O–H groups in total. The average Bonchev–Trinajstić information content (AvgIpc) is 3.17. The number of nitrogens with zero attached hydrogens (tertiary/aromatic N) is 8. The largest absolute Gasteiger partial charge is 0.341 e. The molecular formula is C20H22N8OS. The van der Waals surface area contributed by atoms with E-state index in [4.69, 9.17) is 0 Å². The van der Waals surface area contributed by atoms with E-state index in [9.17, 15) is 4.79 Å². The van der Waals surface area contributed by atoms with Crippen LogP contribution in [-0.4, -0.2) is 47.0 Å². The van der Waals surface area contributed by atoms with Crippen LogP contribution in [0.1, 0.15) is 37.5 Å². The summed E-state index contributed by atoms with van der Waals surface area (Å²) in [7, 11) is 1.74. The number of thioether (sulfide) groups is 1. The third kappa shape index (κ3) is 2.73. The van der Waals surface area contributed by atoms with E-state index in [-0.39, 0.29) is 5.56 Å². The minimum atomic E-state index is -0.0616. The number of hydrogen-bond donors (Lipinski definition) is 0. The zero-order chi connectivity index (χ0) is 20.2. The van der Waals surface area contributed by atoms with Crippen LogP contribution in [0.3, 0.4) is 0 Å². The van der Waals surface area contributed by atoms with Crippen molar-refractivity contribution < 1.29 is 0 Å². The highest BCUT2D eigenvalue weighted by atomic mass is 32.2. The van der Waals surface area contributed by atoms with Crippen LogP contribution in [0.15, 0.2) is 34.2 Å². The van der Waals surface area contributed by atoms with Crippen molar-refractivity contribution in [2.45, 2.75) is 42.6 Å². The Kier molecular flexibility index (Phi) is 4.08. The third-order valence-electron chi connectivity index (χ3n) is 5.97. The first-order valence-corrected chi connectivity index (χ1v) is 11.4. The van der Waals surface area contributed by atoms with Gasteiger partial charge in [-0.2, -0.15) is 0 Å². The van der Waals surface area contributed by atoms with Crippen molar-refractivity contribution in [2.75, 3.05) is 18.0 Å². The van der Waals surface area contributed by atoms with E-state index in [2.05, 4.69) is 29.9 Å². The SMILES string of the molecule is Cn1c(=O)c2ccccc2n2c(CSc3nnc(N4CCCC4)n3C3CC3)nnc12. The van der Waals surface area contributed by atoms with Crippen LogP contribution in [0.4, 0.5) is 5.95 Å². The first kappa shape index (κ1) is 17.9. The van der Waals surface area contributed by atoms with E-state index >= 15 is 0 Å². The number of anilines is 1. The number of aromatic nitrogens is 7. The predicted octanol–water partition coefficient (Wildman–Crippen LogP) is 2.40. The molecule has 1 saturated carbocycles. The number of benzene rings is 1. The third-order valence-corrected chi connectivity index (χ3v) is 6.91. The van der Waals surface area contributed by atoms with Gasteiger partial charge in [0, 0.05) is 26.2 Å². The highest BCUT2D eigenvalue weighted by molar-refractivity contribution is 7.98. The highest BCUT2D eigenvalue weighted by Gasteiger charge is 2.32. The molecule has 1 aromatic carbocycles. The second-order valence-corrected chi connectivity index (χ2v) is 8.94. The van der Waals surface area contributed by atoms with Crippen molar-refractivity contribution >= 4 is 34.4 Å². The maximum atomic E-state index is 12.6. The van der Waals surface area contributed by atoms with Gasteiger partial charge in [0.1, 0.15) is 5.82 Å². The molecule has 1 aliphatic carbocycles. The quantitative estimate of drug-likeness (QED) is 0.457. The molecule has 3 aromatic heterocycles. The summed E-state index contributed by atoms with van der Waals surface area (Å²) in [5.41, 5.74) is 0.769. The van der Waals surface area contributed by atoms with Crippen LogP contribution < -0.4 is 10.5 Å². The molecular weight excluding hydrogens is 400 g/mol. The van der Waals surface area contributed by atoms with Crippen LogP contribution in [0.2, 0.25) is 0 Å². The average molecular weight is 423 g/mol. The van der Waals surface area contributed by atoms with Crippen molar-refractivity contribution in [3.63, 3.8) is 0 Å². The number of rotatable bonds is 5. The summed E-state index contributed by atoms with van der Waals surface area (Å²) in [6, 6.07) is 8.12. The Labute approximate surface area is 176 Å². The summed E-state index contributed by atoms with van der Waals surface area (Å²) in [5.74, 6) is 2.97. The second-order valence-electron chi connectivity index (χ2n) is 8.00. The van der Waals surface area contributed by atoms with Crippen molar-refractivity contribution in [1.29, 1.82) is 0 Å². The summed E-state index contributed by atoms with van der Waals surface area (Å²) in [6.07, 6.45) is 4.81. The fourth-order valence-corrected chi connectivity index (χ4v) is 5.18. The van der Waals surface area contributed by atoms with Gasteiger partial charge in [-0.1, -0.05) is 23.9 Å². The monoisotopic (exact) mass is 422 g/mol. The van der Waals surface area contributed by atoms with Crippen molar-refractivity contribution in [3.8, 4) is 0 Å². The van der Waals surface area contributed by atoms with Crippen LogP contribution in [-0.2, 0) is 12.8 Å². The van der Waals surface area contributed by atoms with Gasteiger partial charge >= 0.3 is 0 Å². The van der Waals surface area contributed by atoms with Crippen molar-refractivity contribution in [3.05, 3.63) is 40.4 Å². The molecule has 0 amide bonds. The molecule has 0 bridgehead atoms. The van der Waals surface area contributed by atoms with E-state index in [0.29, 0.717) is 23.0 Å². The molecule has 2 aliphatic rings. The molecule has 10 heteroatoms. The summed E-state index contributed by atoms with van der Waals surface area (Å²) in [4.78, 5) is 15.0. The summed E-state index contributed by atoms with van der Waals surface area (Å²) in [5, 5.41) is 19.3. The number of para-hydroxylation sites is 1. The van der Waals surface area contributed by atoms with Gasteiger partial charge in [0.25, 0.3) is 5.56 Å². The molecule has 154 valence electrons. The summed E-state index contributed by atoms with van der Waals surface area (Å²) >= 11 is 1.64. The Morgan fingerprint density at radius 3 is 2.67 bits per heavy atom. The van der Waals surface area contributed by atoms with Crippen molar-refractivity contribution in [2.24, 2.45) is 7.05 Å². The van der Waals surface area contributed by atoms with Gasteiger partial charge in [-0.25, -0.2) is 0 Å². The van der Waals surface area contributed by atoms with E-state index in [1.54, 1.807) is 23.4 Å². The topological polar surface area (TPSA) is 86.1 Å². The Morgan fingerprint density at radius 2 is 1.87 bits per heavy atom. The zero-order valence-corrected chi connectivity index (χ0v) is 17.5. The highest BCUT2D eigenvalue weighted by Crippen LogP contribution is 2.41. The van der Waals surface area contributed by atoms with Crippen LogP contribution in [0, 0.1) is 0 Å². The number of hydrogen-bond acceptors (Lipinski definition) is 7. The Hall–Kier alpha value is -2.88. The zero-order valence-electron chi connectivity index (χ0n) is 16.7. The summed E-state index contributed by atoms with van der Waals surface area (Å²) in [6.45, 7) is 2.12. The molecule has 4 aromatic rings. The smallest absolute Gasteiger partial charge is 0.262 e. The molecule has 4 heterocycles. The van der Waals surface area contributed by atoms with E-state index < -0.39 is 0 Å². The molecule has 0 unspecified atom stereocenters. The molecule has 0 radical (unpaired) electrons. The first-order chi connectivity index (χ1) is 14.7. The Morgan fingerprint density at radius 1 is 1.07 bits per heavy atom. The standard InChI is InChI=1S/C20H22N8OS/c1-25-17(29)14-6-2-3-7-15(14)28-16(21-22-18(25)28)12-30-20-24-23-19(26-10-4-5-11-26)27(20)13-8-9-13/h2-3,6-7,13H,4-5,8-12H2,1H3. The lowest BCUT2D eigenvalue weighted by atomic mass is 10.2. The molecule has 1 aliphatic heterocycles. The molecule has 2 fully saturated rings. The Bertz CT molecular complexity index is 1310. The molecule has 9 nitrogen and oxygen atoms in total. The van der Waals surface area contributed by atoms with Crippen molar-refractivity contribution in [1.82, 2.24) is 33.9 Å². The van der Waals surface area contributed by atoms with Gasteiger partial charge in [-0.05, 0) is 37.8 Å². The lowest BCUT2D eigenvalue weighted by Crippen LogP contribution is -2.22. The predicted molar refractivity (Wildman–Crippen MR) is 115 cm³/mol. The van der Waals surface area contributed by atoms with E-state index in [1.807, 2.05) is 28.7 Å². The van der Waals surface area contributed by atoms with Gasteiger partial charge in [0.2, 0.25) is 11.7 Å². The molecule has 0 spiro atoms. The molecule has 0 atom stereocenters. The van der Waals surface area contributed by atoms with Crippen LogP contribution >= 0.6 is 11.8 Å². The maximum Gasteiger partial charge on any atom is 0.262 e. The van der Waals surface area contributed by atoms with Crippen LogP contribution in [0.5, 0.6) is 0 Å². The Balaban J connectivity index is 1.38. The van der Waals surface area contributed by atoms with Gasteiger partial charge in [-0.3, -0.25) is 18.3 Å². The summed E-state index contributed by atoms with van der Waals surface area (Å²) < 4.78 is 5.84. The van der Waals surface area contributed by atoms with Gasteiger partial charge in [0.05, 0.1) is 16.7 Å². The first-order valence-electron chi connectivity index (χ1n) is 10.4. The van der Waals surface area contributed by atoms with Gasteiger partial charge in [0.15, 0.2) is 5.16 Å². The lowest BCUT2D eigenvalue weighted by molar-refractivity contribution is 0.651. The number of fused-ring (bicyclic) bond motifs is 3. The molecule has 6 rings (SSSR count). The molecule has 30 heavy (non-hydrogen) atoms. The number of aryl methyl sites for hydroxylation is 1. The van der Waals surface area contributed by atoms with Gasteiger partial charge < -0.3 is 4.90 Å². The normalized spacial score (nSPS) is 16.9. The maximum absolute atomic E-state index is 12.6. The van der Waals surface area contributed by atoms with E-state index in [0.717, 1.165) is 35.5 Å².